The molecule has 1 amide bonds. The molecule has 0 radical (unpaired) electrons. The van der Waals surface area contributed by atoms with Gasteiger partial charge in [0.15, 0.2) is 6.61 Å². The van der Waals surface area contributed by atoms with Gasteiger partial charge in [-0.2, -0.15) is 0 Å². The van der Waals surface area contributed by atoms with E-state index in [2.05, 4.69) is 28.9 Å². The maximum atomic E-state index is 12.1. The molecule has 3 atom stereocenters. The number of nitrogens with one attached hydrogen (secondary N) is 2. The molecule has 1 aromatic carbocycles. The number of carbonyl (C=O) groups excluding carboxylic acids is 2. The van der Waals surface area contributed by atoms with Crippen LogP contribution in [0.4, 0.5) is 0 Å². The van der Waals surface area contributed by atoms with Crippen molar-refractivity contribution in [3.63, 3.8) is 0 Å². The fraction of sp³-hybridized carbons (Fsp3) is 0.550. The molecule has 2 aliphatic rings. The molecule has 3 rings (SSSR count). The summed E-state index contributed by atoms with van der Waals surface area (Å²) >= 11 is 0. The largest absolute Gasteiger partial charge is 0.456 e. The van der Waals surface area contributed by atoms with E-state index in [0.29, 0.717) is 17.4 Å². The number of aliphatic imine (C=N–C) groups is 1. The lowest BCUT2D eigenvalue weighted by Gasteiger charge is -2.34. The number of fused-ring (bicyclic) bond motifs is 1. The Bertz CT molecular complexity index is 912. The predicted octanol–water partition coefficient (Wildman–Crippen LogP) is 1.60. The summed E-state index contributed by atoms with van der Waals surface area (Å²) in [7, 11) is -3.60. The van der Waals surface area contributed by atoms with Crippen LogP contribution in [0.3, 0.4) is 0 Å². The standard InChI is InChI=1S/C20H27N3O5S/c1-13-6-5-8-16(14(13)2)22-18(24)12-28-19(25)10-11-21-20-15-7-3-4-9-17(15)29(26,27)23-20/h3-4,7,9,13-14,16H,5-6,8,10-12H2,1-2H3,(H,21,23)(H,22,24)/t13-,14+,16+/m0/s1. The maximum Gasteiger partial charge on any atom is 0.308 e. The number of carbonyl (C=O) groups is 2. The highest BCUT2D eigenvalue weighted by Crippen LogP contribution is 2.29. The minimum absolute atomic E-state index is 0.0441. The molecule has 0 bridgehead atoms. The van der Waals surface area contributed by atoms with Gasteiger partial charge in [-0.1, -0.05) is 38.8 Å². The van der Waals surface area contributed by atoms with Gasteiger partial charge in [-0.3, -0.25) is 19.3 Å². The van der Waals surface area contributed by atoms with E-state index in [9.17, 15) is 18.0 Å². The Labute approximate surface area is 171 Å². The van der Waals surface area contributed by atoms with Crippen molar-refractivity contribution in [3.05, 3.63) is 29.8 Å². The van der Waals surface area contributed by atoms with Crippen molar-refractivity contribution < 1.29 is 22.7 Å². The number of hydrogen-bond acceptors (Lipinski definition) is 6. The van der Waals surface area contributed by atoms with E-state index in [4.69, 9.17) is 4.74 Å². The van der Waals surface area contributed by atoms with Crippen LogP contribution in [0.15, 0.2) is 34.2 Å². The van der Waals surface area contributed by atoms with Crippen LogP contribution >= 0.6 is 0 Å². The molecule has 158 valence electrons. The molecule has 1 aliphatic heterocycles. The first-order valence-corrected chi connectivity index (χ1v) is 11.4. The molecule has 1 saturated carbocycles. The van der Waals surface area contributed by atoms with E-state index in [-0.39, 0.29) is 42.3 Å². The van der Waals surface area contributed by atoms with Gasteiger partial charge in [0.2, 0.25) is 0 Å². The van der Waals surface area contributed by atoms with Gasteiger partial charge < -0.3 is 10.1 Å². The monoisotopic (exact) mass is 421 g/mol. The van der Waals surface area contributed by atoms with Crippen LogP contribution in [-0.4, -0.2) is 45.3 Å². The van der Waals surface area contributed by atoms with Crippen molar-refractivity contribution in [1.82, 2.24) is 10.0 Å². The van der Waals surface area contributed by atoms with Gasteiger partial charge in [-0.25, -0.2) is 8.42 Å². The van der Waals surface area contributed by atoms with Crippen LogP contribution in [-0.2, 0) is 24.3 Å². The van der Waals surface area contributed by atoms with Crippen molar-refractivity contribution in [1.29, 1.82) is 0 Å². The predicted molar refractivity (Wildman–Crippen MR) is 108 cm³/mol. The molecule has 2 N–H and O–H groups in total. The highest BCUT2D eigenvalue weighted by Gasteiger charge is 2.30. The number of nitrogens with zero attached hydrogens (tertiary/aromatic N) is 1. The van der Waals surface area contributed by atoms with Gasteiger partial charge in [-0.15, -0.1) is 0 Å². The molecule has 8 nitrogen and oxygen atoms in total. The van der Waals surface area contributed by atoms with E-state index in [1.807, 2.05) is 0 Å². The van der Waals surface area contributed by atoms with E-state index < -0.39 is 16.0 Å². The van der Waals surface area contributed by atoms with Gasteiger partial charge in [0.05, 0.1) is 17.9 Å². The molecular formula is C20H27N3O5S. The molecule has 0 unspecified atom stereocenters. The minimum atomic E-state index is -3.60. The van der Waals surface area contributed by atoms with Gasteiger partial charge in [0.25, 0.3) is 15.9 Å². The van der Waals surface area contributed by atoms with Gasteiger partial charge in [0.1, 0.15) is 5.84 Å². The number of ether oxygens (including phenoxy) is 1. The van der Waals surface area contributed by atoms with E-state index in [1.54, 1.807) is 18.2 Å². The summed E-state index contributed by atoms with van der Waals surface area (Å²) in [6, 6.07) is 6.63. The fourth-order valence-corrected chi connectivity index (χ4v) is 5.01. The minimum Gasteiger partial charge on any atom is -0.456 e. The number of amides is 1. The average molecular weight is 422 g/mol. The third kappa shape index (κ3) is 5.14. The van der Waals surface area contributed by atoms with Gasteiger partial charge >= 0.3 is 5.97 Å². The number of amidine groups is 1. The van der Waals surface area contributed by atoms with Crippen LogP contribution in [0, 0.1) is 11.8 Å². The van der Waals surface area contributed by atoms with Crippen molar-refractivity contribution in [2.45, 2.75) is 50.5 Å². The Morgan fingerprint density at radius 2 is 2.00 bits per heavy atom. The van der Waals surface area contributed by atoms with Crippen molar-refractivity contribution >= 4 is 27.7 Å². The topological polar surface area (TPSA) is 114 Å². The summed E-state index contributed by atoms with van der Waals surface area (Å²) in [5, 5.41) is 2.95. The van der Waals surface area contributed by atoms with Crippen LogP contribution in [0.1, 0.15) is 45.1 Å². The SMILES string of the molecule is C[C@@H]1[C@@H](C)CCC[C@H]1NC(=O)COC(=O)CCN=C1NS(=O)(=O)c2ccccc21. The zero-order valence-electron chi connectivity index (χ0n) is 16.7. The number of esters is 1. The lowest BCUT2D eigenvalue weighted by molar-refractivity contribution is -0.148. The Morgan fingerprint density at radius 3 is 2.79 bits per heavy atom. The number of benzene rings is 1. The molecular weight excluding hydrogens is 394 g/mol. The van der Waals surface area contributed by atoms with Gasteiger partial charge in [-0.05, 0) is 30.4 Å². The molecule has 1 aromatic rings. The Morgan fingerprint density at radius 1 is 1.24 bits per heavy atom. The maximum absolute atomic E-state index is 12.1. The zero-order valence-corrected chi connectivity index (χ0v) is 17.5. The highest BCUT2D eigenvalue weighted by molar-refractivity contribution is 7.90. The third-order valence-electron chi connectivity index (χ3n) is 5.67. The number of hydrogen-bond donors (Lipinski definition) is 2. The van der Waals surface area contributed by atoms with E-state index in [1.165, 1.54) is 12.5 Å². The molecule has 0 aromatic heterocycles. The molecule has 9 heteroatoms. The van der Waals surface area contributed by atoms with Crippen LogP contribution in [0.2, 0.25) is 0 Å². The lowest BCUT2D eigenvalue weighted by Crippen LogP contribution is -2.45. The summed E-state index contributed by atoms with van der Waals surface area (Å²) in [6.45, 7) is 4.06. The second-order valence-electron chi connectivity index (χ2n) is 7.68. The quantitative estimate of drug-likeness (QED) is 0.677. The molecule has 0 spiro atoms. The first kappa shape index (κ1) is 21.3. The Hall–Kier alpha value is -2.42. The number of rotatable bonds is 6. The molecule has 0 saturated heterocycles. The lowest BCUT2D eigenvalue weighted by atomic mass is 9.78. The zero-order chi connectivity index (χ0) is 21.0. The molecule has 1 fully saturated rings. The number of sulfonamides is 1. The Balaban J connectivity index is 1.44. The first-order chi connectivity index (χ1) is 13.8. The fourth-order valence-electron chi connectivity index (χ4n) is 3.76. The molecule has 1 heterocycles. The van der Waals surface area contributed by atoms with Crippen LogP contribution in [0.25, 0.3) is 0 Å². The van der Waals surface area contributed by atoms with Crippen molar-refractivity contribution in [2.75, 3.05) is 13.2 Å². The highest BCUT2D eigenvalue weighted by atomic mass is 32.2. The summed E-state index contributed by atoms with van der Waals surface area (Å²) < 4.78 is 31.4. The van der Waals surface area contributed by atoms with E-state index in [0.717, 1.165) is 12.8 Å². The van der Waals surface area contributed by atoms with Crippen molar-refractivity contribution in [3.8, 4) is 0 Å². The summed E-state index contributed by atoms with van der Waals surface area (Å²) in [5.41, 5.74) is 0.482. The summed E-state index contributed by atoms with van der Waals surface area (Å²) in [4.78, 5) is 28.3. The van der Waals surface area contributed by atoms with Crippen LogP contribution in [0.5, 0.6) is 0 Å². The van der Waals surface area contributed by atoms with E-state index >= 15 is 0 Å². The first-order valence-electron chi connectivity index (χ1n) is 9.89. The second kappa shape index (κ2) is 8.94. The second-order valence-corrected chi connectivity index (χ2v) is 9.33. The summed E-state index contributed by atoms with van der Waals surface area (Å²) in [6.07, 6.45) is 3.16. The molecule has 29 heavy (non-hydrogen) atoms. The van der Waals surface area contributed by atoms with Gasteiger partial charge in [0, 0.05) is 11.6 Å². The Kier molecular flexibility index (Phi) is 6.56. The smallest absolute Gasteiger partial charge is 0.308 e. The van der Waals surface area contributed by atoms with Crippen molar-refractivity contribution in [2.24, 2.45) is 16.8 Å². The normalized spacial score (nSPS) is 26.4. The third-order valence-corrected chi connectivity index (χ3v) is 7.06. The summed E-state index contributed by atoms with van der Waals surface area (Å²) in [5.74, 6) is 0.328. The molecule has 1 aliphatic carbocycles. The average Bonchev–Trinajstić information content (AvgIpc) is 2.95. The van der Waals surface area contributed by atoms with Crippen LogP contribution < -0.4 is 10.0 Å².